The third-order valence-electron chi connectivity index (χ3n) is 2.06. The van der Waals surface area contributed by atoms with E-state index < -0.39 is 11.6 Å². The van der Waals surface area contributed by atoms with E-state index in [0.29, 0.717) is 13.7 Å². The first-order valence-corrected chi connectivity index (χ1v) is 6.81. The summed E-state index contributed by atoms with van der Waals surface area (Å²) in [4.78, 5) is 12.4. The van der Waals surface area contributed by atoms with E-state index in [2.05, 4.69) is 15.9 Å². The van der Waals surface area contributed by atoms with Crippen LogP contribution in [0.4, 0.5) is 4.39 Å². The van der Waals surface area contributed by atoms with Crippen molar-refractivity contribution in [3.63, 3.8) is 0 Å². The van der Waals surface area contributed by atoms with Gasteiger partial charge in [0.1, 0.15) is 10.2 Å². The lowest BCUT2D eigenvalue weighted by atomic mass is 10.1. The van der Waals surface area contributed by atoms with Gasteiger partial charge in [-0.05, 0) is 34.1 Å². The van der Waals surface area contributed by atoms with E-state index in [9.17, 15) is 9.18 Å². The summed E-state index contributed by atoms with van der Waals surface area (Å²) in [5.41, 5.74) is -0.125. The molecule has 2 rings (SSSR count). The second-order valence-electron chi connectivity index (χ2n) is 3.16. The lowest BCUT2D eigenvalue weighted by molar-refractivity contribution is 0.103. The number of rotatable bonds is 2. The predicted octanol–water partition coefficient (Wildman–Crippen LogP) is 5.19. The molecular formula is C11H4BrCl2FOS. The van der Waals surface area contributed by atoms with Gasteiger partial charge < -0.3 is 0 Å². The smallest absolute Gasteiger partial charge is 0.207 e. The molecule has 0 atom stereocenters. The molecule has 0 fully saturated rings. The highest BCUT2D eigenvalue weighted by Gasteiger charge is 2.20. The van der Waals surface area contributed by atoms with Gasteiger partial charge in [0.15, 0.2) is 0 Å². The van der Waals surface area contributed by atoms with Gasteiger partial charge in [0.05, 0.1) is 15.5 Å². The van der Waals surface area contributed by atoms with E-state index in [0.717, 1.165) is 11.3 Å². The van der Waals surface area contributed by atoms with Crippen LogP contribution in [0, 0.1) is 5.82 Å². The SMILES string of the molecule is O=C(c1cc(Br)c(Cl)s1)c1c(F)cccc1Cl. The van der Waals surface area contributed by atoms with E-state index >= 15 is 0 Å². The second kappa shape index (κ2) is 5.06. The first-order chi connectivity index (χ1) is 8.00. The number of thiophene rings is 1. The molecule has 88 valence electrons. The molecule has 1 nitrogen and oxygen atoms in total. The molecule has 0 aliphatic heterocycles. The average molecular weight is 354 g/mol. The Morgan fingerprint density at radius 3 is 2.59 bits per heavy atom. The van der Waals surface area contributed by atoms with E-state index in [-0.39, 0.29) is 10.6 Å². The minimum absolute atomic E-state index is 0.0932. The third kappa shape index (κ3) is 2.55. The van der Waals surface area contributed by atoms with Gasteiger partial charge in [-0.2, -0.15) is 0 Å². The third-order valence-corrected chi connectivity index (χ3v) is 4.85. The van der Waals surface area contributed by atoms with Gasteiger partial charge in [-0.25, -0.2) is 4.39 Å². The first-order valence-electron chi connectivity index (χ1n) is 4.44. The van der Waals surface area contributed by atoms with Crippen molar-refractivity contribution >= 4 is 56.3 Å². The van der Waals surface area contributed by atoms with Crippen molar-refractivity contribution in [1.29, 1.82) is 0 Å². The fourth-order valence-corrected chi connectivity index (χ4v) is 3.19. The molecule has 1 aromatic carbocycles. The van der Waals surface area contributed by atoms with Gasteiger partial charge in [0.25, 0.3) is 0 Å². The van der Waals surface area contributed by atoms with Crippen LogP contribution in [0.3, 0.4) is 0 Å². The average Bonchev–Trinajstić information content (AvgIpc) is 2.59. The molecule has 0 saturated carbocycles. The standard InChI is InChI=1S/C11H4BrCl2FOS/c12-5-4-8(17-11(5)14)10(16)9-6(13)2-1-3-7(9)15/h1-4H. The Kier molecular flexibility index (Phi) is 3.88. The molecule has 0 spiro atoms. The van der Waals surface area contributed by atoms with Crippen molar-refractivity contribution in [2.45, 2.75) is 0 Å². The van der Waals surface area contributed by atoms with Crippen LogP contribution in [0.1, 0.15) is 15.2 Å². The van der Waals surface area contributed by atoms with Crippen molar-refractivity contribution in [1.82, 2.24) is 0 Å². The first kappa shape index (κ1) is 13.0. The highest BCUT2D eigenvalue weighted by atomic mass is 79.9. The number of hydrogen-bond acceptors (Lipinski definition) is 2. The highest BCUT2D eigenvalue weighted by molar-refractivity contribution is 9.10. The Hall–Kier alpha value is -0.420. The maximum Gasteiger partial charge on any atom is 0.207 e. The van der Waals surface area contributed by atoms with Gasteiger partial charge in [0.2, 0.25) is 5.78 Å². The lowest BCUT2D eigenvalue weighted by Crippen LogP contribution is -2.03. The molecule has 0 aliphatic rings. The minimum Gasteiger partial charge on any atom is -0.288 e. The number of halogens is 4. The molecule has 17 heavy (non-hydrogen) atoms. The van der Waals surface area contributed by atoms with E-state index in [4.69, 9.17) is 23.2 Å². The molecular weight excluding hydrogens is 350 g/mol. The van der Waals surface area contributed by atoms with Crippen LogP contribution < -0.4 is 0 Å². The summed E-state index contributed by atoms with van der Waals surface area (Å²) >= 11 is 15.9. The number of benzene rings is 1. The van der Waals surface area contributed by atoms with Crippen molar-refractivity contribution in [2.75, 3.05) is 0 Å². The van der Waals surface area contributed by atoms with Crippen molar-refractivity contribution in [3.8, 4) is 0 Å². The minimum atomic E-state index is -0.636. The molecule has 1 heterocycles. The maximum atomic E-state index is 13.5. The normalized spacial score (nSPS) is 10.6. The summed E-state index contributed by atoms with van der Waals surface area (Å²) in [5, 5.41) is 0.0932. The van der Waals surface area contributed by atoms with Gasteiger partial charge in [0, 0.05) is 4.47 Å². The molecule has 0 unspecified atom stereocenters. The molecule has 2 aromatic rings. The topological polar surface area (TPSA) is 17.1 Å². The fraction of sp³-hybridized carbons (Fsp3) is 0. The van der Waals surface area contributed by atoms with Crippen molar-refractivity contribution in [2.24, 2.45) is 0 Å². The van der Waals surface area contributed by atoms with Crippen LogP contribution in [-0.4, -0.2) is 5.78 Å². The molecule has 0 radical (unpaired) electrons. The van der Waals surface area contributed by atoms with Crippen molar-refractivity contribution < 1.29 is 9.18 Å². The zero-order valence-electron chi connectivity index (χ0n) is 8.14. The van der Waals surface area contributed by atoms with Crippen LogP contribution in [0.15, 0.2) is 28.7 Å². The molecule has 6 heteroatoms. The molecule has 0 bridgehead atoms. The van der Waals surface area contributed by atoms with Crippen LogP contribution in [0.25, 0.3) is 0 Å². The zero-order valence-corrected chi connectivity index (χ0v) is 12.1. The Morgan fingerprint density at radius 2 is 2.06 bits per heavy atom. The van der Waals surface area contributed by atoms with Gasteiger partial charge in [-0.15, -0.1) is 11.3 Å². The van der Waals surface area contributed by atoms with Crippen LogP contribution in [0.2, 0.25) is 9.36 Å². The van der Waals surface area contributed by atoms with Gasteiger partial charge >= 0.3 is 0 Å². The van der Waals surface area contributed by atoms with Crippen LogP contribution in [-0.2, 0) is 0 Å². The summed E-state index contributed by atoms with van der Waals surface area (Å²) in [7, 11) is 0. The number of carbonyl (C=O) groups excluding carboxylic acids is 1. The Balaban J connectivity index is 2.51. The molecule has 0 aliphatic carbocycles. The summed E-state index contributed by atoms with van der Waals surface area (Å²) in [6.45, 7) is 0. The zero-order chi connectivity index (χ0) is 12.6. The van der Waals surface area contributed by atoms with E-state index in [1.54, 1.807) is 6.07 Å². The number of carbonyl (C=O) groups is 1. The second-order valence-corrected chi connectivity index (χ2v) is 6.07. The molecule has 1 aromatic heterocycles. The molecule has 0 amide bonds. The largest absolute Gasteiger partial charge is 0.288 e. The van der Waals surface area contributed by atoms with Crippen molar-refractivity contribution in [3.05, 3.63) is 54.4 Å². The predicted molar refractivity (Wildman–Crippen MR) is 71.9 cm³/mol. The van der Waals surface area contributed by atoms with E-state index in [1.807, 2.05) is 0 Å². The summed E-state index contributed by atoms with van der Waals surface area (Å²) in [6.07, 6.45) is 0. The Bertz CT molecular complexity index is 557. The van der Waals surface area contributed by atoms with Gasteiger partial charge in [-0.1, -0.05) is 29.3 Å². The highest BCUT2D eigenvalue weighted by Crippen LogP contribution is 2.34. The lowest BCUT2D eigenvalue weighted by Gasteiger charge is -2.02. The fourth-order valence-electron chi connectivity index (χ4n) is 1.30. The molecule has 0 saturated heterocycles. The summed E-state index contributed by atoms with van der Waals surface area (Å²) in [5.74, 6) is -1.10. The van der Waals surface area contributed by atoms with Gasteiger partial charge in [-0.3, -0.25) is 4.79 Å². The Labute approximate surface area is 119 Å². The molecule has 0 N–H and O–H groups in total. The van der Waals surface area contributed by atoms with E-state index in [1.165, 1.54) is 18.2 Å². The Morgan fingerprint density at radius 1 is 1.35 bits per heavy atom. The maximum absolute atomic E-state index is 13.5. The quantitative estimate of drug-likeness (QED) is 0.679. The monoisotopic (exact) mass is 352 g/mol. The summed E-state index contributed by atoms with van der Waals surface area (Å²) in [6, 6.07) is 5.68. The van der Waals surface area contributed by atoms with Crippen LogP contribution >= 0.6 is 50.5 Å². The van der Waals surface area contributed by atoms with Crippen LogP contribution in [0.5, 0.6) is 0 Å². The summed E-state index contributed by atoms with van der Waals surface area (Å²) < 4.78 is 14.6. The number of ketones is 1. The number of hydrogen-bond donors (Lipinski definition) is 0.